The highest BCUT2D eigenvalue weighted by Gasteiger charge is 2.16. The van der Waals surface area contributed by atoms with E-state index in [1.807, 2.05) is 26.0 Å². The highest BCUT2D eigenvalue weighted by Crippen LogP contribution is 2.20. The van der Waals surface area contributed by atoms with Crippen molar-refractivity contribution in [2.24, 2.45) is 5.92 Å². The highest BCUT2D eigenvalue weighted by molar-refractivity contribution is 5.98. The first-order valence-corrected chi connectivity index (χ1v) is 10.1. The molecule has 2 aromatic heterocycles. The minimum absolute atomic E-state index is 0.0401. The number of carbonyl (C=O) groups is 1. The van der Waals surface area contributed by atoms with Crippen molar-refractivity contribution in [1.82, 2.24) is 24.8 Å². The van der Waals surface area contributed by atoms with Gasteiger partial charge < -0.3 is 9.30 Å². The van der Waals surface area contributed by atoms with Crippen LogP contribution in [0.2, 0.25) is 0 Å². The molecule has 0 N–H and O–H groups in total. The maximum Gasteiger partial charge on any atom is 0.349 e. The molecule has 0 unspecified atom stereocenters. The fourth-order valence-electron chi connectivity index (χ4n) is 3.01. The number of ether oxygens (including phenoxy) is 1. The number of nitrogens with zero attached hydrogens (tertiary/aromatic N) is 6. The number of esters is 1. The molecule has 8 nitrogen and oxygen atoms in total. The quantitative estimate of drug-likeness (QED) is 0.344. The van der Waals surface area contributed by atoms with Crippen molar-refractivity contribution >= 4 is 12.0 Å². The van der Waals surface area contributed by atoms with E-state index in [9.17, 15) is 10.1 Å². The first kappa shape index (κ1) is 22.3. The van der Waals surface area contributed by atoms with Gasteiger partial charge in [0.1, 0.15) is 11.6 Å². The van der Waals surface area contributed by atoms with Gasteiger partial charge in [0.25, 0.3) is 0 Å². The van der Waals surface area contributed by atoms with Crippen molar-refractivity contribution in [3.05, 3.63) is 34.4 Å². The largest absolute Gasteiger partial charge is 0.453 e. The summed E-state index contributed by atoms with van der Waals surface area (Å²) in [5.74, 6) is 0.397. The molecular weight excluding hydrogens is 368 g/mol. The smallest absolute Gasteiger partial charge is 0.349 e. The molecule has 0 atom stereocenters. The van der Waals surface area contributed by atoms with Crippen LogP contribution in [-0.2, 0) is 29.2 Å². The molecule has 8 heteroatoms. The van der Waals surface area contributed by atoms with Crippen LogP contribution in [0.3, 0.4) is 0 Å². The molecule has 0 fully saturated rings. The maximum atomic E-state index is 12.4. The molecule has 2 aromatic rings. The van der Waals surface area contributed by atoms with Crippen LogP contribution >= 0.6 is 0 Å². The molecular formula is C21H30N6O2. The minimum Gasteiger partial charge on any atom is -0.453 e. The number of aryl methyl sites for hydroxylation is 2. The second kappa shape index (κ2) is 10.6. The summed E-state index contributed by atoms with van der Waals surface area (Å²) >= 11 is 0. The minimum atomic E-state index is -0.676. The van der Waals surface area contributed by atoms with Gasteiger partial charge in [-0.05, 0) is 60.7 Å². The summed E-state index contributed by atoms with van der Waals surface area (Å²) < 4.78 is 9.12. The number of unbranched alkanes of at least 4 members (excludes halogenated alkanes) is 1. The average molecular weight is 399 g/mol. The third-order valence-corrected chi connectivity index (χ3v) is 4.84. The summed E-state index contributed by atoms with van der Waals surface area (Å²) in [5, 5.41) is 20.9. The van der Waals surface area contributed by atoms with Gasteiger partial charge in [-0.15, -0.1) is 5.10 Å². The standard InChI is InChI=1S/C21H30N6O2/c1-6-7-9-27-20(23-24-25-27)14-29-21(28)19(13-22)12-18-11-16(4)26(17(18)5)10-8-15(2)3/h11-12,15H,6-10,14H2,1-5H3/b19-12+. The number of hydrogen-bond acceptors (Lipinski definition) is 6. The van der Waals surface area contributed by atoms with Crippen molar-refractivity contribution < 1.29 is 9.53 Å². The van der Waals surface area contributed by atoms with Crippen LogP contribution in [0.5, 0.6) is 0 Å². The second-order valence-electron chi connectivity index (χ2n) is 7.58. The average Bonchev–Trinajstić information content (AvgIpc) is 3.24. The zero-order chi connectivity index (χ0) is 21.4. The van der Waals surface area contributed by atoms with E-state index >= 15 is 0 Å². The molecule has 0 amide bonds. The van der Waals surface area contributed by atoms with Crippen molar-refractivity contribution in [1.29, 1.82) is 5.26 Å². The molecule has 156 valence electrons. The number of rotatable bonds is 10. The summed E-state index contributed by atoms with van der Waals surface area (Å²) in [4.78, 5) is 12.4. The van der Waals surface area contributed by atoms with E-state index in [-0.39, 0.29) is 12.2 Å². The van der Waals surface area contributed by atoms with E-state index in [0.29, 0.717) is 18.3 Å². The number of hydrogen-bond donors (Lipinski definition) is 0. The molecule has 0 saturated carbocycles. The fraction of sp³-hybridized carbons (Fsp3) is 0.571. The summed E-state index contributed by atoms with van der Waals surface area (Å²) in [6.07, 6.45) is 4.60. The highest BCUT2D eigenvalue weighted by atomic mass is 16.5. The van der Waals surface area contributed by atoms with E-state index in [0.717, 1.165) is 42.8 Å². The predicted molar refractivity (Wildman–Crippen MR) is 109 cm³/mol. The monoisotopic (exact) mass is 398 g/mol. The van der Waals surface area contributed by atoms with Crippen molar-refractivity contribution in [2.75, 3.05) is 0 Å². The lowest BCUT2D eigenvalue weighted by atomic mass is 10.1. The Morgan fingerprint density at radius 1 is 1.34 bits per heavy atom. The Bertz CT molecular complexity index is 901. The number of tetrazole rings is 1. The van der Waals surface area contributed by atoms with Crippen molar-refractivity contribution in [3.8, 4) is 6.07 Å². The molecule has 29 heavy (non-hydrogen) atoms. The molecule has 0 aliphatic heterocycles. The van der Waals surface area contributed by atoms with Gasteiger partial charge in [-0.1, -0.05) is 27.2 Å². The summed E-state index contributed by atoms with van der Waals surface area (Å²) in [5.41, 5.74) is 2.96. The molecule has 0 aliphatic carbocycles. The molecule has 0 radical (unpaired) electrons. The lowest BCUT2D eigenvalue weighted by Gasteiger charge is -2.11. The molecule has 0 aliphatic rings. The Morgan fingerprint density at radius 2 is 2.10 bits per heavy atom. The first-order valence-electron chi connectivity index (χ1n) is 10.1. The van der Waals surface area contributed by atoms with Gasteiger partial charge in [0.05, 0.1) is 0 Å². The van der Waals surface area contributed by atoms with Crippen LogP contribution in [0.4, 0.5) is 0 Å². The fourth-order valence-corrected chi connectivity index (χ4v) is 3.01. The Morgan fingerprint density at radius 3 is 2.76 bits per heavy atom. The second-order valence-corrected chi connectivity index (χ2v) is 7.58. The molecule has 0 spiro atoms. The third kappa shape index (κ3) is 6.01. The molecule has 0 aromatic carbocycles. The van der Waals surface area contributed by atoms with Crippen LogP contribution in [0.15, 0.2) is 11.6 Å². The van der Waals surface area contributed by atoms with Crippen LogP contribution in [-0.4, -0.2) is 30.7 Å². The van der Waals surface area contributed by atoms with Gasteiger partial charge in [-0.25, -0.2) is 9.48 Å². The number of aromatic nitrogens is 5. The van der Waals surface area contributed by atoms with E-state index in [1.165, 1.54) is 0 Å². The Balaban J connectivity index is 2.10. The van der Waals surface area contributed by atoms with Crippen LogP contribution in [0.1, 0.15) is 62.8 Å². The van der Waals surface area contributed by atoms with E-state index in [4.69, 9.17) is 4.74 Å². The van der Waals surface area contributed by atoms with E-state index in [1.54, 1.807) is 10.8 Å². The normalized spacial score (nSPS) is 11.7. The molecule has 0 saturated heterocycles. The summed E-state index contributed by atoms with van der Waals surface area (Å²) in [6.45, 7) is 12.0. The first-order chi connectivity index (χ1) is 13.9. The Labute approximate surface area is 172 Å². The van der Waals surface area contributed by atoms with Gasteiger partial charge in [-0.2, -0.15) is 5.26 Å². The van der Waals surface area contributed by atoms with Gasteiger partial charge in [0, 0.05) is 24.5 Å². The Hall–Kier alpha value is -2.95. The number of carbonyl (C=O) groups excluding carboxylic acids is 1. The zero-order valence-electron chi connectivity index (χ0n) is 18.0. The zero-order valence-corrected chi connectivity index (χ0v) is 18.0. The topological polar surface area (TPSA) is 98.6 Å². The lowest BCUT2D eigenvalue weighted by molar-refractivity contribution is -0.140. The molecule has 2 rings (SSSR count). The third-order valence-electron chi connectivity index (χ3n) is 4.84. The van der Waals surface area contributed by atoms with E-state index < -0.39 is 5.97 Å². The predicted octanol–water partition coefficient (Wildman–Crippen LogP) is 3.59. The van der Waals surface area contributed by atoms with Crippen LogP contribution in [0.25, 0.3) is 6.08 Å². The van der Waals surface area contributed by atoms with Crippen molar-refractivity contribution in [2.45, 2.75) is 73.6 Å². The maximum absolute atomic E-state index is 12.4. The van der Waals surface area contributed by atoms with Gasteiger partial charge in [0.2, 0.25) is 0 Å². The van der Waals surface area contributed by atoms with Gasteiger partial charge >= 0.3 is 5.97 Å². The lowest BCUT2D eigenvalue weighted by Crippen LogP contribution is -2.12. The summed E-state index contributed by atoms with van der Waals surface area (Å²) in [6, 6.07) is 3.95. The van der Waals surface area contributed by atoms with E-state index in [2.05, 4.69) is 40.9 Å². The summed E-state index contributed by atoms with van der Waals surface area (Å²) in [7, 11) is 0. The van der Waals surface area contributed by atoms with Gasteiger partial charge in [-0.3, -0.25) is 0 Å². The Kier molecular flexibility index (Phi) is 8.13. The molecule has 0 bridgehead atoms. The van der Waals surface area contributed by atoms with Crippen LogP contribution < -0.4 is 0 Å². The van der Waals surface area contributed by atoms with Gasteiger partial charge in [0.15, 0.2) is 12.4 Å². The SMILES string of the molecule is CCCCn1nnnc1COC(=O)/C(C#N)=C/c1cc(C)n(CCC(C)C)c1C. The van der Waals surface area contributed by atoms with Crippen molar-refractivity contribution in [3.63, 3.8) is 0 Å². The van der Waals surface area contributed by atoms with Crippen LogP contribution in [0, 0.1) is 31.1 Å². The molecule has 2 heterocycles. The number of nitriles is 1.